The van der Waals surface area contributed by atoms with Crippen LogP contribution in [0.5, 0.6) is 0 Å². The predicted molar refractivity (Wildman–Crippen MR) is 83.8 cm³/mol. The van der Waals surface area contributed by atoms with Crippen LogP contribution in [-0.4, -0.2) is 9.55 Å². The summed E-state index contributed by atoms with van der Waals surface area (Å²) in [4.78, 5) is 3.33. The van der Waals surface area contributed by atoms with Crippen molar-refractivity contribution < 1.29 is 0 Å². The van der Waals surface area contributed by atoms with Gasteiger partial charge >= 0.3 is 0 Å². The lowest BCUT2D eigenvalue weighted by Crippen LogP contribution is -2.17. The highest BCUT2D eigenvalue weighted by atomic mass is 79.9. The third-order valence-electron chi connectivity index (χ3n) is 5.04. The maximum atomic E-state index is 5.51. The summed E-state index contributed by atoms with van der Waals surface area (Å²) in [7, 11) is 0. The van der Waals surface area contributed by atoms with E-state index in [0.29, 0.717) is 0 Å². The molecule has 1 N–H and O–H groups in total. The zero-order chi connectivity index (χ0) is 13.0. The Balaban J connectivity index is 1.71. The Kier molecular flexibility index (Phi) is 2.85. The first-order valence-electron chi connectivity index (χ1n) is 7.09. The number of hydrogen-bond acceptors (Lipinski definition) is 1. The number of imidazole rings is 1. The maximum absolute atomic E-state index is 5.51. The van der Waals surface area contributed by atoms with Gasteiger partial charge in [-0.15, -0.1) is 0 Å². The van der Waals surface area contributed by atoms with Gasteiger partial charge in [0.25, 0.3) is 0 Å². The summed E-state index contributed by atoms with van der Waals surface area (Å²) in [6.07, 6.45) is 5.78. The molecule has 0 saturated heterocycles. The van der Waals surface area contributed by atoms with Crippen LogP contribution in [0.3, 0.4) is 0 Å². The number of fused-ring (bicyclic) bond motifs is 3. The molecular formula is C15H17BrN2S. The molecule has 1 heterocycles. The van der Waals surface area contributed by atoms with Crippen LogP contribution in [0.4, 0.5) is 0 Å². The molecule has 1 aromatic carbocycles. The van der Waals surface area contributed by atoms with Gasteiger partial charge < -0.3 is 9.55 Å². The second kappa shape index (κ2) is 4.45. The Morgan fingerprint density at radius 2 is 2.21 bits per heavy atom. The van der Waals surface area contributed by atoms with E-state index in [9.17, 15) is 0 Å². The minimum atomic E-state index is 0.841. The van der Waals surface area contributed by atoms with Gasteiger partial charge in [-0.05, 0) is 67.4 Å². The van der Waals surface area contributed by atoms with Crippen LogP contribution in [0.2, 0.25) is 0 Å². The molecule has 2 saturated carbocycles. The summed E-state index contributed by atoms with van der Waals surface area (Å²) >= 11 is 9.03. The number of halogens is 1. The monoisotopic (exact) mass is 336 g/mol. The largest absolute Gasteiger partial charge is 0.331 e. The molecule has 3 atom stereocenters. The van der Waals surface area contributed by atoms with Crippen LogP contribution in [0.1, 0.15) is 25.7 Å². The van der Waals surface area contributed by atoms with Crippen LogP contribution in [0, 0.1) is 22.5 Å². The molecule has 2 aliphatic carbocycles. The highest BCUT2D eigenvalue weighted by Crippen LogP contribution is 2.49. The van der Waals surface area contributed by atoms with Crippen LogP contribution >= 0.6 is 28.1 Å². The number of H-pyrrole nitrogens is 1. The van der Waals surface area contributed by atoms with E-state index in [2.05, 4.69) is 43.7 Å². The minimum Gasteiger partial charge on any atom is -0.331 e. The number of hydrogen-bond donors (Lipinski definition) is 1. The lowest BCUT2D eigenvalue weighted by Gasteiger charge is -2.22. The van der Waals surface area contributed by atoms with Gasteiger partial charge in [-0.2, -0.15) is 0 Å². The molecule has 2 aliphatic rings. The minimum absolute atomic E-state index is 0.841. The molecule has 19 heavy (non-hydrogen) atoms. The zero-order valence-corrected chi connectivity index (χ0v) is 13.1. The molecule has 1 aromatic heterocycles. The first-order chi connectivity index (χ1) is 9.20. The van der Waals surface area contributed by atoms with Crippen molar-refractivity contribution in [3.8, 4) is 0 Å². The van der Waals surface area contributed by atoms with Crippen molar-refractivity contribution in [3.05, 3.63) is 27.4 Å². The normalized spacial score (nSPS) is 29.4. The molecule has 3 unspecified atom stereocenters. The van der Waals surface area contributed by atoms with Gasteiger partial charge in [-0.3, -0.25) is 0 Å². The van der Waals surface area contributed by atoms with E-state index < -0.39 is 0 Å². The lowest BCUT2D eigenvalue weighted by atomic mass is 9.89. The lowest BCUT2D eigenvalue weighted by molar-refractivity contribution is 0.297. The van der Waals surface area contributed by atoms with E-state index in [1.165, 1.54) is 31.2 Å². The van der Waals surface area contributed by atoms with Gasteiger partial charge in [0.15, 0.2) is 4.77 Å². The van der Waals surface area contributed by atoms with Crippen molar-refractivity contribution in [2.24, 2.45) is 17.8 Å². The van der Waals surface area contributed by atoms with E-state index >= 15 is 0 Å². The van der Waals surface area contributed by atoms with E-state index in [4.69, 9.17) is 12.2 Å². The van der Waals surface area contributed by atoms with E-state index in [0.717, 1.165) is 39.1 Å². The van der Waals surface area contributed by atoms with Gasteiger partial charge in [0.05, 0.1) is 11.0 Å². The summed E-state index contributed by atoms with van der Waals surface area (Å²) in [5, 5.41) is 0. The van der Waals surface area contributed by atoms with Crippen molar-refractivity contribution in [2.75, 3.05) is 0 Å². The first kappa shape index (κ1) is 12.2. The van der Waals surface area contributed by atoms with Crippen molar-refractivity contribution >= 4 is 39.2 Å². The quantitative estimate of drug-likeness (QED) is 0.773. The molecule has 0 spiro atoms. The molecular weight excluding hydrogens is 320 g/mol. The highest BCUT2D eigenvalue weighted by Gasteiger charge is 2.39. The second-order valence-electron chi connectivity index (χ2n) is 6.14. The Bertz CT molecular complexity index is 687. The van der Waals surface area contributed by atoms with Crippen LogP contribution in [0.15, 0.2) is 22.7 Å². The zero-order valence-electron chi connectivity index (χ0n) is 10.7. The molecule has 2 aromatic rings. The summed E-state index contributed by atoms with van der Waals surface area (Å²) in [6.45, 7) is 1.10. The van der Waals surface area contributed by atoms with Crippen LogP contribution in [-0.2, 0) is 6.54 Å². The van der Waals surface area contributed by atoms with Gasteiger partial charge in [0, 0.05) is 11.0 Å². The van der Waals surface area contributed by atoms with Gasteiger partial charge in [0.1, 0.15) is 0 Å². The molecule has 0 radical (unpaired) electrons. The van der Waals surface area contributed by atoms with E-state index in [1.807, 2.05) is 0 Å². The number of nitrogens with one attached hydrogen (secondary N) is 1. The van der Waals surface area contributed by atoms with Gasteiger partial charge in [0.2, 0.25) is 0 Å². The summed E-state index contributed by atoms with van der Waals surface area (Å²) in [5.41, 5.74) is 2.39. The average molecular weight is 337 g/mol. The third kappa shape index (κ3) is 2.00. The Morgan fingerprint density at radius 3 is 2.95 bits per heavy atom. The molecule has 2 fully saturated rings. The Labute approximate surface area is 126 Å². The summed E-state index contributed by atoms with van der Waals surface area (Å²) in [5.74, 6) is 2.80. The molecule has 4 rings (SSSR count). The van der Waals surface area contributed by atoms with E-state index in [-0.39, 0.29) is 0 Å². The van der Waals surface area contributed by atoms with Crippen molar-refractivity contribution in [1.82, 2.24) is 9.55 Å². The molecule has 2 bridgehead atoms. The van der Waals surface area contributed by atoms with Crippen molar-refractivity contribution in [1.29, 1.82) is 0 Å². The molecule has 2 nitrogen and oxygen atoms in total. The summed E-state index contributed by atoms with van der Waals surface area (Å²) in [6, 6.07) is 6.38. The Hall–Kier alpha value is -0.610. The fraction of sp³-hybridized carbons (Fsp3) is 0.533. The van der Waals surface area contributed by atoms with Crippen LogP contribution < -0.4 is 0 Å². The van der Waals surface area contributed by atoms with Crippen LogP contribution in [0.25, 0.3) is 11.0 Å². The second-order valence-corrected chi connectivity index (χ2v) is 7.44. The molecule has 0 aliphatic heterocycles. The number of aromatic amines is 1. The average Bonchev–Trinajstić information content (AvgIpc) is 3.05. The number of benzene rings is 1. The summed E-state index contributed by atoms with van der Waals surface area (Å²) < 4.78 is 4.28. The smallest absolute Gasteiger partial charge is 0.178 e. The fourth-order valence-corrected chi connectivity index (χ4v) is 4.80. The molecule has 0 amide bonds. The standard InChI is InChI=1S/C15H17BrN2S/c16-12-3-4-14-13(7-12)17-15(19)18(14)8-11-6-9-1-2-10(11)5-9/h3-4,7,9-11H,1-2,5-6,8H2,(H,17,19). The SMILES string of the molecule is S=c1[nH]c2cc(Br)ccc2n1CC1CC2CCC1C2. The fourth-order valence-electron chi connectivity index (χ4n) is 4.15. The molecule has 100 valence electrons. The highest BCUT2D eigenvalue weighted by molar-refractivity contribution is 9.10. The van der Waals surface area contributed by atoms with Crippen molar-refractivity contribution in [3.63, 3.8) is 0 Å². The third-order valence-corrected chi connectivity index (χ3v) is 5.85. The van der Waals surface area contributed by atoms with Gasteiger partial charge in [-0.1, -0.05) is 22.4 Å². The predicted octanol–water partition coefficient (Wildman–Crippen LogP) is 4.90. The topological polar surface area (TPSA) is 20.7 Å². The number of rotatable bonds is 2. The number of nitrogens with zero attached hydrogens (tertiary/aromatic N) is 1. The number of aromatic nitrogens is 2. The first-order valence-corrected chi connectivity index (χ1v) is 8.29. The van der Waals surface area contributed by atoms with Crippen molar-refractivity contribution in [2.45, 2.75) is 32.2 Å². The maximum Gasteiger partial charge on any atom is 0.178 e. The molecule has 4 heteroatoms. The van der Waals surface area contributed by atoms with Gasteiger partial charge in [-0.25, -0.2) is 0 Å². The van der Waals surface area contributed by atoms with E-state index in [1.54, 1.807) is 0 Å². The Morgan fingerprint density at radius 1 is 1.32 bits per heavy atom.